The highest BCUT2D eigenvalue weighted by Gasteiger charge is 2.54. The standard InChI is InChI=1S/C11H20N2S/c1-14-8-11-4-2-6-13(11)10-9(7-11)3-5-12-10/h9-10,12H,2-8H2,1H3. The van der Waals surface area contributed by atoms with Crippen molar-refractivity contribution in [3.8, 4) is 0 Å². The zero-order valence-corrected chi connectivity index (χ0v) is 9.78. The van der Waals surface area contributed by atoms with Crippen molar-refractivity contribution in [3.63, 3.8) is 0 Å². The molecule has 3 aliphatic heterocycles. The molecule has 0 aromatic carbocycles. The molecule has 3 fully saturated rings. The number of rotatable bonds is 2. The maximum absolute atomic E-state index is 3.69. The van der Waals surface area contributed by atoms with E-state index in [1.165, 1.54) is 44.5 Å². The van der Waals surface area contributed by atoms with E-state index in [2.05, 4.69) is 16.5 Å². The van der Waals surface area contributed by atoms with Crippen LogP contribution in [0.15, 0.2) is 0 Å². The van der Waals surface area contributed by atoms with Crippen LogP contribution in [-0.4, -0.2) is 41.7 Å². The van der Waals surface area contributed by atoms with E-state index in [0.717, 1.165) is 12.1 Å². The first kappa shape index (κ1) is 9.49. The molecule has 1 N–H and O–H groups in total. The Morgan fingerprint density at radius 1 is 1.57 bits per heavy atom. The van der Waals surface area contributed by atoms with Gasteiger partial charge >= 0.3 is 0 Å². The summed E-state index contributed by atoms with van der Waals surface area (Å²) in [4.78, 5) is 2.79. The molecule has 3 atom stereocenters. The van der Waals surface area contributed by atoms with Crippen LogP contribution in [0.4, 0.5) is 0 Å². The minimum absolute atomic E-state index is 0.585. The summed E-state index contributed by atoms with van der Waals surface area (Å²) in [5, 5.41) is 3.69. The van der Waals surface area contributed by atoms with Crippen LogP contribution >= 0.6 is 11.8 Å². The second-order valence-electron chi connectivity index (χ2n) is 5.11. The summed E-state index contributed by atoms with van der Waals surface area (Å²) in [7, 11) is 0. The predicted octanol–water partition coefficient (Wildman–Crippen LogP) is 1.52. The molecule has 3 aliphatic rings. The Balaban J connectivity index is 1.84. The normalized spacial score (nSPS) is 46.9. The summed E-state index contributed by atoms with van der Waals surface area (Å²) in [5.74, 6) is 2.31. The van der Waals surface area contributed by atoms with Gasteiger partial charge in [-0.3, -0.25) is 4.90 Å². The van der Waals surface area contributed by atoms with Crippen LogP contribution in [-0.2, 0) is 0 Å². The van der Waals surface area contributed by atoms with Crippen LogP contribution in [0.25, 0.3) is 0 Å². The van der Waals surface area contributed by atoms with E-state index in [1.807, 2.05) is 11.8 Å². The summed E-state index contributed by atoms with van der Waals surface area (Å²) >= 11 is 2.04. The Bertz CT molecular complexity index is 233. The van der Waals surface area contributed by atoms with Crippen molar-refractivity contribution in [2.45, 2.75) is 37.4 Å². The van der Waals surface area contributed by atoms with E-state index < -0.39 is 0 Å². The molecule has 0 aromatic rings. The summed E-state index contributed by atoms with van der Waals surface area (Å²) in [6, 6.07) is 0. The van der Waals surface area contributed by atoms with Gasteiger partial charge in [-0.2, -0.15) is 11.8 Å². The van der Waals surface area contributed by atoms with Gasteiger partial charge in [0.15, 0.2) is 0 Å². The van der Waals surface area contributed by atoms with Gasteiger partial charge in [0.05, 0.1) is 6.17 Å². The third-order valence-corrected chi connectivity index (χ3v) is 5.18. The van der Waals surface area contributed by atoms with Gasteiger partial charge in [0, 0.05) is 17.8 Å². The number of nitrogens with one attached hydrogen (secondary N) is 1. The number of fused-ring (bicyclic) bond motifs is 3. The average Bonchev–Trinajstić information content (AvgIpc) is 2.74. The largest absolute Gasteiger partial charge is 0.301 e. The Morgan fingerprint density at radius 3 is 3.36 bits per heavy atom. The molecule has 3 unspecified atom stereocenters. The Morgan fingerprint density at radius 2 is 2.50 bits per heavy atom. The van der Waals surface area contributed by atoms with Crippen molar-refractivity contribution in [1.29, 1.82) is 0 Å². The molecule has 0 radical (unpaired) electrons. The van der Waals surface area contributed by atoms with Crippen molar-refractivity contribution >= 4 is 11.8 Å². The quantitative estimate of drug-likeness (QED) is 0.747. The van der Waals surface area contributed by atoms with Crippen molar-refractivity contribution in [1.82, 2.24) is 10.2 Å². The summed E-state index contributed by atoms with van der Waals surface area (Å²) < 4.78 is 0. The smallest absolute Gasteiger partial charge is 0.0632 e. The summed E-state index contributed by atoms with van der Waals surface area (Å²) in [5.41, 5.74) is 0.585. The van der Waals surface area contributed by atoms with E-state index in [0.29, 0.717) is 5.54 Å². The molecule has 0 aliphatic carbocycles. The molecule has 0 amide bonds. The third-order valence-electron chi connectivity index (χ3n) is 4.36. The van der Waals surface area contributed by atoms with Crippen LogP contribution in [0.5, 0.6) is 0 Å². The van der Waals surface area contributed by atoms with Crippen LogP contribution in [0.3, 0.4) is 0 Å². The first-order valence-electron chi connectivity index (χ1n) is 5.85. The first-order valence-corrected chi connectivity index (χ1v) is 7.24. The van der Waals surface area contributed by atoms with Crippen molar-refractivity contribution in [3.05, 3.63) is 0 Å². The van der Waals surface area contributed by atoms with Gasteiger partial charge in [-0.15, -0.1) is 0 Å². The Labute approximate surface area is 90.8 Å². The molecule has 0 saturated carbocycles. The van der Waals surface area contributed by atoms with E-state index in [9.17, 15) is 0 Å². The average molecular weight is 212 g/mol. The molecule has 80 valence electrons. The van der Waals surface area contributed by atoms with Crippen molar-refractivity contribution < 1.29 is 0 Å². The molecule has 0 spiro atoms. The number of hydrogen-bond donors (Lipinski definition) is 1. The Hall–Kier alpha value is 0.270. The lowest BCUT2D eigenvalue weighted by Gasteiger charge is -2.34. The van der Waals surface area contributed by atoms with Crippen LogP contribution in [0, 0.1) is 5.92 Å². The van der Waals surface area contributed by atoms with Crippen molar-refractivity contribution in [2.75, 3.05) is 25.1 Å². The van der Waals surface area contributed by atoms with E-state index in [4.69, 9.17) is 0 Å². The number of nitrogens with zero attached hydrogens (tertiary/aromatic N) is 1. The summed E-state index contributed by atoms with van der Waals surface area (Å²) in [6.45, 7) is 2.59. The molecule has 3 heteroatoms. The topological polar surface area (TPSA) is 15.3 Å². The minimum atomic E-state index is 0.585. The second-order valence-corrected chi connectivity index (χ2v) is 5.97. The maximum atomic E-state index is 3.69. The fourth-order valence-corrected chi connectivity index (χ4v) is 4.87. The lowest BCUT2D eigenvalue weighted by atomic mass is 9.91. The lowest BCUT2D eigenvalue weighted by molar-refractivity contribution is 0.155. The number of thioether (sulfide) groups is 1. The highest BCUT2D eigenvalue weighted by atomic mass is 32.2. The lowest BCUT2D eigenvalue weighted by Crippen LogP contribution is -2.48. The van der Waals surface area contributed by atoms with Gasteiger partial charge in [0.2, 0.25) is 0 Å². The van der Waals surface area contributed by atoms with Gasteiger partial charge < -0.3 is 5.32 Å². The Kier molecular flexibility index (Phi) is 2.30. The highest BCUT2D eigenvalue weighted by molar-refractivity contribution is 7.98. The zero-order chi connectivity index (χ0) is 9.60. The first-order chi connectivity index (χ1) is 6.86. The molecule has 3 saturated heterocycles. The van der Waals surface area contributed by atoms with Gasteiger partial charge in [-0.05, 0) is 44.4 Å². The fourth-order valence-electron chi connectivity index (χ4n) is 3.90. The monoisotopic (exact) mass is 212 g/mol. The predicted molar refractivity (Wildman–Crippen MR) is 61.6 cm³/mol. The van der Waals surface area contributed by atoms with E-state index in [-0.39, 0.29) is 0 Å². The van der Waals surface area contributed by atoms with Gasteiger partial charge in [0.25, 0.3) is 0 Å². The maximum Gasteiger partial charge on any atom is 0.0632 e. The minimum Gasteiger partial charge on any atom is -0.301 e. The molecular formula is C11H20N2S. The van der Waals surface area contributed by atoms with Crippen molar-refractivity contribution in [2.24, 2.45) is 5.92 Å². The van der Waals surface area contributed by atoms with E-state index in [1.54, 1.807) is 0 Å². The van der Waals surface area contributed by atoms with Gasteiger partial charge in [0.1, 0.15) is 0 Å². The van der Waals surface area contributed by atoms with Crippen LogP contribution < -0.4 is 5.32 Å². The van der Waals surface area contributed by atoms with Gasteiger partial charge in [-0.1, -0.05) is 0 Å². The molecule has 14 heavy (non-hydrogen) atoms. The molecule has 3 rings (SSSR count). The second kappa shape index (κ2) is 3.39. The molecule has 0 bridgehead atoms. The zero-order valence-electron chi connectivity index (χ0n) is 8.96. The van der Waals surface area contributed by atoms with Crippen LogP contribution in [0.1, 0.15) is 25.7 Å². The van der Waals surface area contributed by atoms with Gasteiger partial charge in [-0.25, -0.2) is 0 Å². The number of hydrogen-bond acceptors (Lipinski definition) is 3. The van der Waals surface area contributed by atoms with Crippen LogP contribution in [0.2, 0.25) is 0 Å². The van der Waals surface area contributed by atoms with E-state index >= 15 is 0 Å². The molecular weight excluding hydrogens is 192 g/mol. The molecule has 2 nitrogen and oxygen atoms in total. The fraction of sp³-hybridized carbons (Fsp3) is 1.00. The molecule has 3 heterocycles. The SMILES string of the molecule is CSCC12CCCN1C1NCCC1C2. The summed E-state index contributed by atoms with van der Waals surface area (Å²) in [6.07, 6.45) is 8.74. The molecule has 0 aromatic heterocycles. The third kappa shape index (κ3) is 1.18. The highest BCUT2D eigenvalue weighted by Crippen LogP contribution is 2.48.